The number of anilines is 1. The van der Waals surface area contributed by atoms with Crippen molar-refractivity contribution in [2.45, 2.75) is 33.0 Å². The van der Waals surface area contributed by atoms with E-state index in [4.69, 9.17) is 0 Å². The zero-order valence-corrected chi connectivity index (χ0v) is 16.2. The Balaban J connectivity index is 1.99. The van der Waals surface area contributed by atoms with E-state index in [-0.39, 0.29) is 29.2 Å². The highest BCUT2D eigenvalue weighted by Gasteiger charge is 2.28. The molecule has 0 radical (unpaired) electrons. The monoisotopic (exact) mass is 409 g/mol. The van der Waals surface area contributed by atoms with E-state index >= 15 is 0 Å². The van der Waals surface area contributed by atoms with Gasteiger partial charge in [0.05, 0.1) is 6.04 Å². The first-order valence-electron chi connectivity index (χ1n) is 8.92. The largest absolute Gasteiger partial charge is 0.484 e. The topological polar surface area (TPSA) is 80.3 Å². The van der Waals surface area contributed by atoms with Crippen LogP contribution >= 0.6 is 0 Å². The van der Waals surface area contributed by atoms with Gasteiger partial charge in [-0.1, -0.05) is 13.8 Å². The number of nitrogens with zero attached hydrogens (tertiary/aromatic N) is 1. The van der Waals surface area contributed by atoms with Gasteiger partial charge in [-0.05, 0) is 48.9 Å². The Bertz CT molecular complexity index is 852. The third-order valence-corrected chi connectivity index (χ3v) is 3.93. The number of aromatic nitrogens is 1. The molecule has 0 aliphatic heterocycles. The number of amides is 2. The fourth-order valence-electron chi connectivity index (χ4n) is 2.29. The van der Waals surface area contributed by atoms with Crippen LogP contribution < -0.4 is 15.4 Å². The van der Waals surface area contributed by atoms with Gasteiger partial charge in [0.1, 0.15) is 11.6 Å². The van der Waals surface area contributed by atoms with Gasteiger partial charge in [0, 0.05) is 17.7 Å². The third-order valence-electron chi connectivity index (χ3n) is 3.93. The SMILES string of the molecule is CC(C)C(=O)Nc1cc(C(C)NC(=O)c2ccc(OCC(F)(F)F)cc2)ccn1. The highest BCUT2D eigenvalue weighted by molar-refractivity contribution is 5.94. The molecule has 1 unspecified atom stereocenters. The Kier molecular flexibility index (Phi) is 7.19. The molecule has 2 rings (SSSR count). The number of nitrogens with one attached hydrogen (secondary N) is 2. The Labute approximate surface area is 166 Å². The minimum atomic E-state index is -4.43. The number of carbonyl (C=O) groups excluding carboxylic acids is 2. The first-order valence-corrected chi connectivity index (χ1v) is 8.92. The molecule has 1 heterocycles. The lowest BCUT2D eigenvalue weighted by Crippen LogP contribution is -2.27. The van der Waals surface area contributed by atoms with E-state index in [9.17, 15) is 22.8 Å². The van der Waals surface area contributed by atoms with Crippen LogP contribution in [0.4, 0.5) is 19.0 Å². The number of rotatable bonds is 7. The molecule has 0 saturated heterocycles. The molecule has 29 heavy (non-hydrogen) atoms. The fraction of sp³-hybridized carbons (Fsp3) is 0.350. The quantitative estimate of drug-likeness (QED) is 0.721. The molecule has 0 bridgehead atoms. The Hall–Kier alpha value is -3.10. The van der Waals surface area contributed by atoms with Crippen LogP contribution in [0, 0.1) is 5.92 Å². The molecule has 2 aromatic rings. The predicted molar refractivity (Wildman–Crippen MR) is 102 cm³/mol. The Morgan fingerprint density at radius 1 is 1.10 bits per heavy atom. The van der Waals surface area contributed by atoms with Crippen molar-refractivity contribution in [2.24, 2.45) is 5.92 Å². The van der Waals surface area contributed by atoms with Gasteiger partial charge in [-0.3, -0.25) is 9.59 Å². The van der Waals surface area contributed by atoms with Crippen LogP contribution in [-0.4, -0.2) is 29.6 Å². The zero-order chi connectivity index (χ0) is 21.6. The number of hydrogen-bond donors (Lipinski definition) is 2. The molecule has 1 aromatic carbocycles. The second-order valence-electron chi connectivity index (χ2n) is 6.74. The highest BCUT2D eigenvalue weighted by atomic mass is 19.4. The highest BCUT2D eigenvalue weighted by Crippen LogP contribution is 2.20. The molecule has 2 N–H and O–H groups in total. The summed E-state index contributed by atoms with van der Waals surface area (Å²) in [5.41, 5.74) is 1.01. The lowest BCUT2D eigenvalue weighted by atomic mass is 10.1. The molecule has 0 spiro atoms. The lowest BCUT2D eigenvalue weighted by molar-refractivity contribution is -0.153. The van der Waals surface area contributed by atoms with E-state index in [0.29, 0.717) is 5.82 Å². The standard InChI is InChI=1S/C20H22F3N3O3/c1-12(2)18(27)26-17-10-15(8-9-24-17)13(3)25-19(28)14-4-6-16(7-5-14)29-11-20(21,22)23/h4-10,12-13H,11H2,1-3H3,(H,25,28)(H,24,26,27). The maximum atomic E-state index is 12.4. The van der Waals surface area contributed by atoms with Crippen molar-refractivity contribution < 1.29 is 27.5 Å². The number of benzene rings is 1. The van der Waals surface area contributed by atoms with E-state index < -0.39 is 18.7 Å². The van der Waals surface area contributed by atoms with Crippen LogP contribution in [0.25, 0.3) is 0 Å². The van der Waals surface area contributed by atoms with Crippen LogP contribution in [-0.2, 0) is 4.79 Å². The summed E-state index contributed by atoms with van der Waals surface area (Å²) in [7, 11) is 0. The molecule has 1 aromatic heterocycles. The number of carbonyl (C=O) groups is 2. The first-order chi connectivity index (χ1) is 13.5. The van der Waals surface area contributed by atoms with Gasteiger partial charge in [0.25, 0.3) is 5.91 Å². The average molecular weight is 409 g/mol. The second kappa shape index (κ2) is 9.40. The summed E-state index contributed by atoms with van der Waals surface area (Å²) in [5.74, 6) is -0.357. The fourth-order valence-corrected chi connectivity index (χ4v) is 2.29. The number of hydrogen-bond acceptors (Lipinski definition) is 4. The van der Waals surface area contributed by atoms with Crippen LogP contribution in [0.2, 0.25) is 0 Å². The molecular formula is C20H22F3N3O3. The van der Waals surface area contributed by atoms with E-state index in [1.807, 2.05) is 0 Å². The Morgan fingerprint density at radius 2 is 1.76 bits per heavy atom. The van der Waals surface area contributed by atoms with Crippen molar-refractivity contribution in [1.82, 2.24) is 10.3 Å². The molecule has 0 saturated carbocycles. The van der Waals surface area contributed by atoms with Gasteiger partial charge in [0.2, 0.25) is 5.91 Å². The van der Waals surface area contributed by atoms with E-state index in [1.165, 1.54) is 30.5 Å². The van der Waals surface area contributed by atoms with E-state index in [1.54, 1.807) is 32.9 Å². The van der Waals surface area contributed by atoms with Gasteiger partial charge in [-0.25, -0.2) is 4.98 Å². The number of pyridine rings is 1. The van der Waals surface area contributed by atoms with Gasteiger partial charge >= 0.3 is 6.18 Å². The zero-order valence-electron chi connectivity index (χ0n) is 16.2. The maximum absolute atomic E-state index is 12.4. The summed E-state index contributed by atoms with van der Waals surface area (Å²) in [6.07, 6.45) is -2.90. The summed E-state index contributed by atoms with van der Waals surface area (Å²) in [4.78, 5) is 28.3. The van der Waals surface area contributed by atoms with Gasteiger partial charge in [0.15, 0.2) is 6.61 Å². The van der Waals surface area contributed by atoms with Gasteiger partial charge in [-0.2, -0.15) is 13.2 Å². The average Bonchev–Trinajstić information content (AvgIpc) is 2.66. The predicted octanol–water partition coefficient (Wildman–Crippen LogP) is 4.11. The number of alkyl halides is 3. The van der Waals surface area contributed by atoms with Gasteiger partial charge in [-0.15, -0.1) is 0 Å². The normalized spacial score (nSPS) is 12.4. The van der Waals surface area contributed by atoms with Crippen molar-refractivity contribution in [3.05, 3.63) is 53.7 Å². The molecular weight excluding hydrogens is 387 g/mol. The number of ether oxygens (including phenoxy) is 1. The van der Waals surface area contributed by atoms with Crippen molar-refractivity contribution in [1.29, 1.82) is 0 Å². The van der Waals surface area contributed by atoms with Crippen molar-refractivity contribution >= 4 is 17.6 Å². The molecule has 1 atom stereocenters. The van der Waals surface area contributed by atoms with Crippen LogP contribution in [0.5, 0.6) is 5.75 Å². The molecule has 6 nitrogen and oxygen atoms in total. The van der Waals surface area contributed by atoms with E-state index in [2.05, 4.69) is 20.4 Å². The third kappa shape index (κ3) is 7.10. The molecule has 156 valence electrons. The summed E-state index contributed by atoms with van der Waals surface area (Å²) in [5, 5.41) is 5.48. The first kappa shape index (κ1) is 22.2. The van der Waals surface area contributed by atoms with E-state index in [0.717, 1.165) is 5.56 Å². The molecule has 2 amide bonds. The summed E-state index contributed by atoms with van der Waals surface area (Å²) >= 11 is 0. The minimum absolute atomic E-state index is 0.0200. The summed E-state index contributed by atoms with van der Waals surface area (Å²) in [6, 6.07) is 8.36. The van der Waals surface area contributed by atoms with Crippen LogP contribution in [0.15, 0.2) is 42.6 Å². The summed E-state index contributed by atoms with van der Waals surface area (Å²) < 4.78 is 41.1. The summed E-state index contributed by atoms with van der Waals surface area (Å²) in [6.45, 7) is 3.90. The van der Waals surface area contributed by atoms with Crippen molar-refractivity contribution in [2.75, 3.05) is 11.9 Å². The molecule has 0 aliphatic carbocycles. The maximum Gasteiger partial charge on any atom is 0.422 e. The van der Waals surface area contributed by atoms with Crippen LogP contribution in [0.1, 0.15) is 42.7 Å². The van der Waals surface area contributed by atoms with Crippen molar-refractivity contribution in [3.8, 4) is 5.75 Å². The Morgan fingerprint density at radius 3 is 2.34 bits per heavy atom. The van der Waals surface area contributed by atoms with Gasteiger partial charge < -0.3 is 15.4 Å². The molecule has 9 heteroatoms. The van der Waals surface area contributed by atoms with Crippen LogP contribution in [0.3, 0.4) is 0 Å². The lowest BCUT2D eigenvalue weighted by Gasteiger charge is -2.16. The minimum Gasteiger partial charge on any atom is -0.484 e. The number of halogens is 3. The second-order valence-corrected chi connectivity index (χ2v) is 6.74. The molecule has 0 fully saturated rings. The smallest absolute Gasteiger partial charge is 0.422 e. The molecule has 0 aliphatic rings. The van der Waals surface area contributed by atoms with Crippen molar-refractivity contribution in [3.63, 3.8) is 0 Å².